The van der Waals surface area contributed by atoms with Gasteiger partial charge in [-0.2, -0.15) is 13.2 Å². The van der Waals surface area contributed by atoms with Crippen molar-refractivity contribution in [1.82, 2.24) is 10.6 Å². The highest BCUT2D eigenvalue weighted by Crippen LogP contribution is 2.36. The highest BCUT2D eigenvalue weighted by atomic mass is 35.5. The Morgan fingerprint density at radius 1 is 1.21 bits per heavy atom. The SMILES string of the molecule is CC(C)C(=O)NC(C)(C)C(=O)NCc1cccc(C(F)(F)F)c1Cl. The first-order valence-corrected chi connectivity index (χ1v) is 7.69. The maximum absolute atomic E-state index is 12.8. The van der Waals surface area contributed by atoms with E-state index < -0.39 is 28.2 Å². The minimum Gasteiger partial charge on any atom is -0.350 e. The Balaban J connectivity index is 2.83. The molecule has 4 nitrogen and oxygen atoms in total. The summed E-state index contributed by atoms with van der Waals surface area (Å²) in [5, 5.41) is 4.63. The highest BCUT2D eigenvalue weighted by molar-refractivity contribution is 6.32. The molecule has 0 aliphatic heterocycles. The first kappa shape index (κ1) is 20.3. The zero-order chi connectivity index (χ0) is 18.7. The maximum Gasteiger partial charge on any atom is 0.417 e. The lowest BCUT2D eigenvalue weighted by Gasteiger charge is -2.26. The number of amides is 2. The van der Waals surface area contributed by atoms with Crippen LogP contribution in [0.15, 0.2) is 18.2 Å². The summed E-state index contributed by atoms with van der Waals surface area (Å²) in [7, 11) is 0. The number of benzene rings is 1. The molecular weight excluding hydrogens is 345 g/mol. The minimum absolute atomic E-state index is 0.144. The van der Waals surface area contributed by atoms with E-state index in [0.717, 1.165) is 6.07 Å². The van der Waals surface area contributed by atoms with E-state index >= 15 is 0 Å². The van der Waals surface area contributed by atoms with Crippen molar-refractivity contribution < 1.29 is 22.8 Å². The molecule has 0 aliphatic rings. The molecule has 1 aromatic rings. The van der Waals surface area contributed by atoms with Crippen LogP contribution in [0.4, 0.5) is 13.2 Å². The topological polar surface area (TPSA) is 58.2 Å². The molecule has 0 bridgehead atoms. The van der Waals surface area contributed by atoms with Gasteiger partial charge in [0.2, 0.25) is 11.8 Å². The predicted molar refractivity (Wildman–Crippen MR) is 85.4 cm³/mol. The molecule has 0 saturated carbocycles. The van der Waals surface area contributed by atoms with Crippen LogP contribution in [0.2, 0.25) is 5.02 Å². The van der Waals surface area contributed by atoms with Crippen LogP contribution in [-0.4, -0.2) is 17.4 Å². The molecule has 0 atom stereocenters. The van der Waals surface area contributed by atoms with Crippen molar-refractivity contribution in [2.24, 2.45) is 5.92 Å². The summed E-state index contributed by atoms with van der Waals surface area (Å²) >= 11 is 5.78. The Kier molecular flexibility index (Phi) is 6.27. The summed E-state index contributed by atoms with van der Waals surface area (Å²) in [6.45, 7) is 6.22. The zero-order valence-corrected chi connectivity index (χ0v) is 14.6. The van der Waals surface area contributed by atoms with Crippen LogP contribution in [0.5, 0.6) is 0 Å². The van der Waals surface area contributed by atoms with Crippen LogP contribution >= 0.6 is 11.6 Å². The van der Waals surface area contributed by atoms with Crippen molar-refractivity contribution in [2.45, 2.75) is 46.0 Å². The summed E-state index contributed by atoms with van der Waals surface area (Å²) in [6, 6.07) is 3.50. The van der Waals surface area contributed by atoms with Crippen molar-refractivity contribution >= 4 is 23.4 Å². The predicted octanol–water partition coefficient (Wildman–Crippen LogP) is 3.53. The van der Waals surface area contributed by atoms with Gasteiger partial charge in [0, 0.05) is 12.5 Å². The smallest absolute Gasteiger partial charge is 0.350 e. The molecule has 0 radical (unpaired) electrons. The van der Waals surface area contributed by atoms with Gasteiger partial charge >= 0.3 is 6.18 Å². The number of halogens is 4. The molecule has 0 spiro atoms. The van der Waals surface area contributed by atoms with Gasteiger partial charge in [0.15, 0.2) is 0 Å². The van der Waals surface area contributed by atoms with Crippen molar-refractivity contribution in [3.05, 3.63) is 34.3 Å². The Bertz CT molecular complexity index is 628. The summed E-state index contributed by atoms with van der Waals surface area (Å²) in [5.74, 6) is -1.12. The quantitative estimate of drug-likeness (QED) is 0.839. The lowest BCUT2D eigenvalue weighted by Crippen LogP contribution is -2.55. The summed E-state index contributed by atoms with van der Waals surface area (Å²) in [5.41, 5.74) is -2.01. The van der Waals surface area contributed by atoms with Crippen LogP contribution in [-0.2, 0) is 22.3 Å². The van der Waals surface area contributed by atoms with Gasteiger partial charge in [0.05, 0.1) is 10.6 Å². The molecule has 0 aromatic heterocycles. The second-order valence-electron chi connectivity index (χ2n) is 6.23. The molecule has 0 fully saturated rings. The maximum atomic E-state index is 12.8. The molecule has 0 saturated heterocycles. The average molecular weight is 365 g/mol. The minimum atomic E-state index is -4.57. The fraction of sp³-hybridized carbons (Fsp3) is 0.500. The van der Waals surface area contributed by atoms with E-state index in [4.69, 9.17) is 11.6 Å². The Morgan fingerprint density at radius 2 is 1.79 bits per heavy atom. The van der Waals surface area contributed by atoms with E-state index in [1.807, 2.05) is 0 Å². The van der Waals surface area contributed by atoms with Gasteiger partial charge in [-0.15, -0.1) is 0 Å². The first-order valence-electron chi connectivity index (χ1n) is 7.31. The Labute approximate surface area is 143 Å². The Hall–Kier alpha value is -1.76. The molecule has 2 amide bonds. The monoisotopic (exact) mass is 364 g/mol. The van der Waals surface area contributed by atoms with Crippen molar-refractivity contribution in [1.29, 1.82) is 0 Å². The van der Waals surface area contributed by atoms with Gasteiger partial charge in [-0.25, -0.2) is 0 Å². The van der Waals surface area contributed by atoms with E-state index in [1.165, 1.54) is 26.0 Å². The summed E-state index contributed by atoms with van der Waals surface area (Å²) in [6.07, 6.45) is -4.57. The zero-order valence-electron chi connectivity index (χ0n) is 13.8. The normalized spacial score (nSPS) is 12.2. The summed E-state index contributed by atoms with van der Waals surface area (Å²) < 4.78 is 38.4. The lowest BCUT2D eigenvalue weighted by atomic mass is 10.0. The third-order valence-corrected chi connectivity index (χ3v) is 3.80. The molecule has 0 heterocycles. The lowest BCUT2D eigenvalue weighted by molar-refractivity contribution is -0.137. The van der Waals surface area contributed by atoms with Gasteiger partial charge in [-0.1, -0.05) is 37.6 Å². The number of carbonyl (C=O) groups excluding carboxylic acids is 2. The standard InChI is InChI=1S/C16H20ClF3N2O2/c1-9(2)13(23)22-15(3,4)14(24)21-8-10-6-5-7-11(12(10)17)16(18,19)20/h5-7,9H,8H2,1-4H3,(H,21,24)(H,22,23). The van der Waals surface area contributed by atoms with E-state index in [9.17, 15) is 22.8 Å². The van der Waals surface area contributed by atoms with E-state index in [1.54, 1.807) is 13.8 Å². The van der Waals surface area contributed by atoms with Gasteiger partial charge < -0.3 is 10.6 Å². The molecule has 24 heavy (non-hydrogen) atoms. The molecule has 0 unspecified atom stereocenters. The van der Waals surface area contributed by atoms with Crippen LogP contribution in [0.3, 0.4) is 0 Å². The first-order chi connectivity index (χ1) is 10.9. The van der Waals surface area contributed by atoms with E-state index in [-0.39, 0.29) is 23.9 Å². The van der Waals surface area contributed by atoms with Crippen molar-refractivity contribution in [2.75, 3.05) is 0 Å². The largest absolute Gasteiger partial charge is 0.417 e. The third-order valence-electron chi connectivity index (χ3n) is 3.35. The van der Waals surface area contributed by atoms with Gasteiger partial charge in [0.25, 0.3) is 0 Å². The van der Waals surface area contributed by atoms with E-state index in [2.05, 4.69) is 10.6 Å². The number of hydrogen-bond acceptors (Lipinski definition) is 2. The average Bonchev–Trinajstić information content (AvgIpc) is 2.43. The number of nitrogens with one attached hydrogen (secondary N) is 2. The fourth-order valence-electron chi connectivity index (χ4n) is 1.84. The van der Waals surface area contributed by atoms with Crippen LogP contribution < -0.4 is 10.6 Å². The Morgan fingerprint density at radius 3 is 2.29 bits per heavy atom. The third kappa shape index (κ3) is 5.12. The van der Waals surface area contributed by atoms with E-state index in [0.29, 0.717) is 0 Å². The van der Waals surface area contributed by atoms with Crippen LogP contribution in [0, 0.1) is 5.92 Å². The van der Waals surface area contributed by atoms with Gasteiger partial charge in [0.1, 0.15) is 5.54 Å². The molecule has 1 aromatic carbocycles. The number of rotatable bonds is 5. The number of hydrogen-bond donors (Lipinski definition) is 2. The molecule has 1 rings (SSSR count). The van der Waals surface area contributed by atoms with Crippen molar-refractivity contribution in [3.8, 4) is 0 Å². The molecular formula is C16H20ClF3N2O2. The molecule has 8 heteroatoms. The number of carbonyl (C=O) groups is 2. The van der Waals surface area contributed by atoms with Crippen molar-refractivity contribution in [3.63, 3.8) is 0 Å². The molecule has 134 valence electrons. The van der Waals surface area contributed by atoms with Crippen LogP contribution in [0.1, 0.15) is 38.8 Å². The second-order valence-corrected chi connectivity index (χ2v) is 6.61. The molecule has 2 N–H and O–H groups in total. The molecule has 0 aliphatic carbocycles. The fourth-order valence-corrected chi connectivity index (χ4v) is 2.14. The van der Waals surface area contributed by atoms with Gasteiger partial charge in [-0.05, 0) is 25.5 Å². The van der Waals surface area contributed by atoms with Gasteiger partial charge in [-0.3, -0.25) is 9.59 Å². The number of alkyl halides is 3. The van der Waals surface area contributed by atoms with Crippen LogP contribution in [0.25, 0.3) is 0 Å². The summed E-state index contributed by atoms with van der Waals surface area (Å²) in [4.78, 5) is 23.9. The highest BCUT2D eigenvalue weighted by Gasteiger charge is 2.34. The second kappa shape index (κ2) is 7.42.